The number of unbranched alkanes of at least 4 members (excludes halogenated alkanes) is 8. The summed E-state index contributed by atoms with van der Waals surface area (Å²) >= 11 is 0. The van der Waals surface area contributed by atoms with Crippen molar-refractivity contribution in [1.29, 1.82) is 0 Å². The Morgan fingerprint density at radius 2 is 1.24 bits per heavy atom. The zero-order valence-electron chi connectivity index (χ0n) is 14.8. The third kappa shape index (κ3) is 7.24. The van der Waals surface area contributed by atoms with Crippen molar-refractivity contribution in [3.8, 4) is 0 Å². The molecule has 0 fully saturated rings. The molecule has 1 aliphatic rings. The van der Waals surface area contributed by atoms with Gasteiger partial charge in [0.15, 0.2) is 0 Å². The van der Waals surface area contributed by atoms with Gasteiger partial charge in [0, 0.05) is 25.5 Å². The smallest absolute Gasteiger partial charge is 0.101 e. The van der Waals surface area contributed by atoms with E-state index in [4.69, 9.17) is 0 Å². The largest absolute Gasteiger partial charge is 0.356 e. The molecular formula is C19H38N2. The van der Waals surface area contributed by atoms with Crippen molar-refractivity contribution in [3.05, 3.63) is 12.4 Å². The molecule has 1 aliphatic heterocycles. The highest BCUT2D eigenvalue weighted by Gasteiger charge is 2.23. The predicted octanol–water partition coefficient (Wildman–Crippen LogP) is 5.75. The summed E-state index contributed by atoms with van der Waals surface area (Å²) in [6, 6.07) is 0. The highest BCUT2D eigenvalue weighted by atomic mass is 15.4. The molecule has 124 valence electrons. The molecule has 21 heavy (non-hydrogen) atoms. The van der Waals surface area contributed by atoms with Gasteiger partial charge < -0.3 is 9.80 Å². The second-order valence-electron chi connectivity index (χ2n) is 6.46. The summed E-state index contributed by atoms with van der Waals surface area (Å²) in [6.07, 6.45) is 20.5. The van der Waals surface area contributed by atoms with Crippen molar-refractivity contribution >= 4 is 0 Å². The number of hydrogen-bond acceptors (Lipinski definition) is 2. The lowest BCUT2D eigenvalue weighted by Gasteiger charge is -2.32. The van der Waals surface area contributed by atoms with E-state index in [1.165, 1.54) is 77.2 Å². The number of nitrogens with zero attached hydrogens (tertiary/aromatic N) is 2. The average molecular weight is 295 g/mol. The van der Waals surface area contributed by atoms with Gasteiger partial charge in [0.2, 0.25) is 0 Å². The van der Waals surface area contributed by atoms with Crippen LogP contribution in [0.4, 0.5) is 0 Å². The van der Waals surface area contributed by atoms with Crippen molar-refractivity contribution in [3.63, 3.8) is 0 Å². The lowest BCUT2D eigenvalue weighted by Crippen LogP contribution is -2.38. The van der Waals surface area contributed by atoms with Crippen molar-refractivity contribution in [2.45, 2.75) is 97.6 Å². The van der Waals surface area contributed by atoms with Crippen LogP contribution in [0.15, 0.2) is 12.4 Å². The summed E-state index contributed by atoms with van der Waals surface area (Å²) in [6.45, 7) is 9.24. The van der Waals surface area contributed by atoms with E-state index in [2.05, 4.69) is 43.0 Å². The van der Waals surface area contributed by atoms with Crippen LogP contribution < -0.4 is 0 Å². The Kier molecular flexibility index (Phi) is 10.5. The first kappa shape index (κ1) is 18.4. The van der Waals surface area contributed by atoms with Gasteiger partial charge in [-0.1, -0.05) is 65.2 Å². The van der Waals surface area contributed by atoms with Gasteiger partial charge >= 0.3 is 0 Å². The Morgan fingerprint density at radius 1 is 0.667 bits per heavy atom. The van der Waals surface area contributed by atoms with Gasteiger partial charge in [-0.3, -0.25) is 0 Å². The van der Waals surface area contributed by atoms with Crippen LogP contribution in [-0.2, 0) is 0 Å². The first-order valence-electron chi connectivity index (χ1n) is 9.53. The van der Waals surface area contributed by atoms with Crippen LogP contribution in [0.5, 0.6) is 0 Å². The maximum absolute atomic E-state index is 2.59. The Hall–Kier alpha value is -0.660. The minimum atomic E-state index is 0.641. The normalized spacial score (nSPS) is 18.0. The minimum absolute atomic E-state index is 0.641. The SMILES string of the molecule is CCCCCCCCC1N(CC)C=CN1CCCCCC. The maximum Gasteiger partial charge on any atom is 0.101 e. The van der Waals surface area contributed by atoms with Crippen LogP contribution in [0.1, 0.15) is 91.4 Å². The summed E-state index contributed by atoms with van der Waals surface area (Å²) < 4.78 is 0. The van der Waals surface area contributed by atoms with E-state index in [9.17, 15) is 0 Å². The van der Waals surface area contributed by atoms with Crippen LogP contribution in [0.3, 0.4) is 0 Å². The van der Waals surface area contributed by atoms with E-state index in [1.54, 1.807) is 0 Å². The van der Waals surface area contributed by atoms with Gasteiger partial charge in [-0.15, -0.1) is 0 Å². The maximum atomic E-state index is 2.59. The van der Waals surface area contributed by atoms with E-state index in [0.717, 1.165) is 6.54 Å². The standard InChI is InChI=1S/C19H38N2/c1-4-7-9-11-12-13-15-19-20(6-3)17-18-21(19)16-14-10-8-5-2/h17-19H,4-16H2,1-3H3. The lowest BCUT2D eigenvalue weighted by molar-refractivity contribution is 0.142. The highest BCUT2D eigenvalue weighted by molar-refractivity contribution is 4.96. The van der Waals surface area contributed by atoms with Crippen molar-refractivity contribution in [2.75, 3.05) is 13.1 Å². The lowest BCUT2D eigenvalue weighted by atomic mass is 10.1. The van der Waals surface area contributed by atoms with Crippen LogP contribution >= 0.6 is 0 Å². The van der Waals surface area contributed by atoms with Crippen molar-refractivity contribution < 1.29 is 0 Å². The molecule has 1 atom stereocenters. The molecule has 2 nitrogen and oxygen atoms in total. The van der Waals surface area contributed by atoms with E-state index in [0.29, 0.717) is 6.17 Å². The van der Waals surface area contributed by atoms with Crippen LogP contribution in [0.25, 0.3) is 0 Å². The van der Waals surface area contributed by atoms with Gasteiger partial charge in [-0.25, -0.2) is 0 Å². The summed E-state index contributed by atoms with van der Waals surface area (Å²) in [5.41, 5.74) is 0. The first-order valence-corrected chi connectivity index (χ1v) is 9.53. The fraction of sp³-hybridized carbons (Fsp3) is 0.895. The van der Waals surface area contributed by atoms with Crippen LogP contribution in [0.2, 0.25) is 0 Å². The molecule has 0 saturated heterocycles. The van der Waals surface area contributed by atoms with E-state index >= 15 is 0 Å². The van der Waals surface area contributed by atoms with Gasteiger partial charge in [0.1, 0.15) is 6.17 Å². The topological polar surface area (TPSA) is 6.48 Å². The quantitative estimate of drug-likeness (QED) is 0.399. The summed E-state index contributed by atoms with van der Waals surface area (Å²) in [4.78, 5) is 5.11. The molecule has 0 saturated carbocycles. The van der Waals surface area contributed by atoms with Crippen LogP contribution in [-0.4, -0.2) is 29.1 Å². The van der Waals surface area contributed by atoms with Gasteiger partial charge in [0.05, 0.1) is 0 Å². The van der Waals surface area contributed by atoms with E-state index in [-0.39, 0.29) is 0 Å². The average Bonchev–Trinajstić information content (AvgIpc) is 2.89. The zero-order chi connectivity index (χ0) is 15.3. The monoisotopic (exact) mass is 294 g/mol. The highest BCUT2D eigenvalue weighted by Crippen LogP contribution is 2.22. The molecule has 0 aromatic carbocycles. The number of rotatable bonds is 13. The third-order valence-corrected chi connectivity index (χ3v) is 4.67. The minimum Gasteiger partial charge on any atom is -0.356 e. The summed E-state index contributed by atoms with van der Waals surface area (Å²) in [7, 11) is 0. The third-order valence-electron chi connectivity index (χ3n) is 4.67. The van der Waals surface area contributed by atoms with Gasteiger partial charge in [-0.2, -0.15) is 0 Å². The van der Waals surface area contributed by atoms with Gasteiger partial charge in [0.25, 0.3) is 0 Å². The predicted molar refractivity (Wildman–Crippen MR) is 94.1 cm³/mol. The fourth-order valence-corrected chi connectivity index (χ4v) is 3.26. The van der Waals surface area contributed by atoms with E-state index < -0.39 is 0 Å². The Balaban J connectivity index is 2.22. The molecular weight excluding hydrogens is 256 g/mol. The molecule has 0 N–H and O–H groups in total. The van der Waals surface area contributed by atoms with Crippen LogP contribution in [0, 0.1) is 0 Å². The molecule has 0 aliphatic carbocycles. The second-order valence-corrected chi connectivity index (χ2v) is 6.46. The molecule has 1 unspecified atom stereocenters. The molecule has 0 aromatic rings. The van der Waals surface area contributed by atoms with E-state index in [1.807, 2.05) is 0 Å². The molecule has 0 spiro atoms. The molecule has 1 rings (SSSR count). The molecule has 1 heterocycles. The Bertz CT molecular complexity index is 262. The summed E-state index contributed by atoms with van der Waals surface area (Å²) in [5, 5.41) is 0. The van der Waals surface area contributed by atoms with Crippen molar-refractivity contribution in [2.24, 2.45) is 0 Å². The second kappa shape index (κ2) is 11.9. The van der Waals surface area contributed by atoms with Gasteiger partial charge in [-0.05, 0) is 26.2 Å². The van der Waals surface area contributed by atoms with Crippen molar-refractivity contribution in [1.82, 2.24) is 9.80 Å². The number of hydrogen-bond donors (Lipinski definition) is 0. The zero-order valence-corrected chi connectivity index (χ0v) is 14.8. The Morgan fingerprint density at radius 3 is 1.90 bits per heavy atom. The molecule has 0 aromatic heterocycles. The Labute approximate surface area is 133 Å². The molecule has 2 heteroatoms. The molecule has 0 bridgehead atoms. The first-order chi connectivity index (χ1) is 10.3. The fourth-order valence-electron chi connectivity index (χ4n) is 3.26. The summed E-state index contributed by atoms with van der Waals surface area (Å²) in [5.74, 6) is 0. The molecule has 0 radical (unpaired) electrons. The molecule has 0 amide bonds.